The van der Waals surface area contributed by atoms with Crippen LogP contribution in [0.4, 0.5) is 0 Å². The molecule has 0 saturated carbocycles. The first kappa shape index (κ1) is 22.6. The van der Waals surface area contributed by atoms with E-state index >= 15 is 0 Å². The molecule has 0 aromatic rings. The van der Waals surface area contributed by atoms with E-state index in [2.05, 4.69) is 16.0 Å². The van der Waals surface area contributed by atoms with Gasteiger partial charge in [0.25, 0.3) is 5.96 Å². The van der Waals surface area contributed by atoms with Crippen LogP contribution in [-0.2, 0) is 9.59 Å². The Morgan fingerprint density at radius 2 is 1.72 bits per heavy atom. The van der Waals surface area contributed by atoms with Gasteiger partial charge in [-0.3, -0.25) is 15.0 Å². The summed E-state index contributed by atoms with van der Waals surface area (Å²) in [4.78, 5) is 34.8. The summed E-state index contributed by atoms with van der Waals surface area (Å²) in [6.45, 7) is 11.1. The van der Waals surface area contributed by atoms with Crippen LogP contribution < -0.4 is 21.4 Å². The molecule has 0 heterocycles. The van der Waals surface area contributed by atoms with Gasteiger partial charge in [-0.1, -0.05) is 26.2 Å². The number of guanidine groups is 1. The van der Waals surface area contributed by atoms with Gasteiger partial charge in [-0.05, 0) is 33.6 Å². The summed E-state index contributed by atoms with van der Waals surface area (Å²) >= 11 is 0. The molecule has 0 unspecified atom stereocenters. The summed E-state index contributed by atoms with van der Waals surface area (Å²) in [5.74, 6) is -0.958. The lowest BCUT2D eigenvalue weighted by Gasteiger charge is -2.28. The van der Waals surface area contributed by atoms with E-state index in [4.69, 9.17) is 5.41 Å². The topological polar surface area (TPSA) is 149 Å². The molecule has 10 heteroatoms. The molecule has 2 amide bonds. The zero-order valence-corrected chi connectivity index (χ0v) is 15.8. The average Bonchev–Trinajstić information content (AvgIpc) is 2.37. The van der Waals surface area contributed by atoms with E-state index in [0.717, 1.165) is 0 Å². The fraction of sp³-hybridized carbons (Fsp3) is 0.800. The van der Waals surface area contributed by atoms with E-state index in [-0.39, 0.29) is 18.4 Å². The Kier molecular flexibility index (Phi) is 8.31. The van der Waals surface area contributed by atoms with Gasteiger partial charge >= 0.3 is 0 Å². The van der Waals surface area contributed by atoms with Crippen LogP contribution in [0.3, 0.4) is 0 Å². The Hall–Kier alpha value is -2.39. The zero-order chi connectivity index (χ0) is 19.8. The Morgan fingerprint density at radius 1 is 1.16 bits per heavy atom. The van der Waals surface area contributed by atoms with Crippen molar-refractivity contribution in [1.29, 1.82) is 5.41 Å². The minimum atomic E-state index is -0.835. The summed E-state index contributed by atoms with van der Waals surface area (Å²) in [5, 5.41) is 24.8. The second kappa shape index (κ2) is 9.19. The van der Waals surface area contributed by atoms with Crippen molar-refractivity contribution in [3.05, 3.63) is 10.1 Å². The first-order chi connectivity index (χ1) is 11.2. The summed E-state index contributed by atoms with van der Waals surface area (Å²) in [6, 6.07) is -0.717. The Labute approximate surface area is 148 Å². The van der Waals surface area contributed by atoms with Gasteiger partial charge in [-0.15, -0.1) is 0 Å². The maximum Gasteiger partial charge on any atom is 0.251 e. The fourth-order valence-corrected chi connectivity index (χ4v) is 1.75. The molecule has 0 aromatic heterocycles. The zero-order valence-electron chi connectivity index (χ0n) is 15.8. The van der Waals surface area contributed by atoms with E-state index < -0.39 is 28.0 Å². The van der Waals surface area contributed by atoms with E-state index in [1.807, 2.05) is 20.8 Å². The number of amides is 2. The number of carbonyl (C=O) groups excluding carboxylic acids is 2. The number of nitrogens with one attached hydrogen (secondary N) is 5. The van der Waals surface area contributed by atoms with Gasteiger partial charge in [0.2, 0.25) is 11.8 Å². The summed E-state index contributed by atoms with van der Waals surface area (Å²) < 4.78 is 0. The van der Waals surface area contributed by atoms with Gasteiger partial charge < -0.3 is 16.0 Å². The third-order valence-corrected chi connectivity index (χ3v) is 2.98. The number of nitro groups is 1. The Morgan fingerprint density at radius 3 is 2.16 bits per heavy atom. The molecule has 0 aliphatic heterocycles. The number of hydrazine groups is 1. The molecule has 0 radical (unpaired) electrons. The van der Waals surface area contributed by atoms with Crippen LogP contribution in [0, 0.1) is 20.9 Å². The molecule has 5 N–H and O–H groups in total. The van der Waals surface area contributed by atoms with Gasteiger partial charge in [0, 0.05) is 17.5 Å². The highest BCUT2D eigenvalue weighted by atomic mass is 16.7. The van der Waals surface area contributed by atoms with Crippen molar-refractivity contribution in [2.45, 2.75) is 66.0 Å². The molecule has 0 rings (SSSR count). The third kappa shape index (κ3) is 10.9. The van der Waals surface area contributed by atoms with E-state index in [9.17, 15) is 19.7 Å². The van der Waals surface area contributed by atoms with Crippen LogP contribution >= 0.6 is 0 Å². The lowest BCUT2D eigenvalue weighted by atomic mass is 9.94. The van der Waals surface area contributed by atoms with Crippen molar-refractivity contribution in [2.24, 2.45) is 5.41 Å². The second-order valence-corrected chi connectivity index (χ2v) is 7.83. The van der Waals surface area contributed by atoms with Gasteiger partial charge in [-0.2, -0.15) is 0 Å². The quantitative estimate of drug-likeness (QED) is 0.147. The molecular weight excluding hydrogens is 328 g/mol. The maximum atomic E-state index is 12.4. The molecule has 0 saturated heterocycles. The van der Waals surface area contributed by atoms with Crippen LogP contribution in [-0.4, -0.2) is 40.9 Å². The lowest BCUT2D eigenvalue weighted by molar-refractivity contribution is -0.525. The lowest BCUT2D eigenvalue weighted by Crippen LogP contribution is -2.54. The molecule has 0 bridgehead atoms. The number of hydrogen-bond donors (Lipinski definition) is 5. The van der Waals surface area contributed by atoms with Crippen LogP contribution in [0.1, 0.15) is 54.4 Å². The molecule has 0 spiro atoms. The van der Waals surface area contributed by atoms with Gasteiger partial charge in [-0.25, -0.2) is 10.1 Å². The van der Waals surface area contributed by atoms with Crippen LogP contribution in [0.25, 0.3) is 0 Å². The first-order valence-electron chi connectivity index (χ1n) is 8.09. The minimum Gasteiger partial charge on any atom is -0.352 e. The Bertz CT molecular complexity index is 507. The van der Waals surface area contributed by atoms with Crippen molar-refractivity contribution in [2.75, 3.05) is 6.54 Å². The summed E-state index contributed by atoms with van der Waals surface area (Å²) in [6.07, 6.45) is 0.775. The molecule has 144 valence electrons. The predicted octanol–water partition coefficient (Wildman–Crippen LogP) is 0.518. The van der Waals surface area contributed by atoms with Crippen molar-refractivity contribution in [3.63, 3.8) is 0 Å². The summed E-state index contributed by atoms with van der Waals surface area (Å²) in [5.41, 5.74) is 0.621. The number of hydrogen-bond acceptors (Lipinski definition) is 5. The highest BCUT2D eigenvalue weighted by Gasteiger charge is 2.28. The Balaban J connectivity index is 4.69. The number of rotatable bonds is 7. The highest BCUT2D eigenvalue weighted by molar-refractivity contribution is 5.89. The fourth-order valence-electron chi connectivity index (χ4n) is 1.75. The molecule has 0 aromatic carbocycles. The van der Waals surface area contributed by atoms with E-state index in [0.29, 0.717) is 12.8 Å². The summed E-state index contributed by atoms with van der Waals surface area (Å²) in [7, 11) is 0. The van der Waals surface area contributed by atoms with Gasteiger partial charge in [0.15, 0.2) is 5.03 Å². The smallest absolute Gasteiger partial charge is 0.251 e. The molecular formula is C15H30N6O4. The molecule has 1 atom stereocenters. The second-order valence-electron chi connectivity index (χ2n) is 7.83. The molecule has 0 aliphatic rings. The largest absolute Gasteiger partial charge is 0.352 e. The number of carbonyl (C=O) groups is 2. The van der Waals surface area contributed by atoms with Crippen LogP contribution in [0.5, 0.6) is 0 Å². The van der Waals surface area contributed by atoms with Crippen molar-refractivity contribution in [3.8, 4) is 0 Å². The number of nitrogens with zero attached hydrogens (tertiary/aromatic N) is 1. The standard InChI is InChI=1S/C15H30N6O4/c1-14(2,3)12(23)18-10(11(22)19-15(4,5)6)8-7-9-17-13(16)20-21(24)25/h10H,7-9H2,1-6H3,(H,18,23)(H,19,22)(H3,16,17,20)/t10-/m0/s1. The normalized spacial score (nSPS) is 12.7. The molecule has 10 nitrogen and oxygen atoms in total. The molecule has 0 aliphatic carbocycles. The SMILES string of the molecule is CC(C)(C)NC(=O)[C@H](CCCNC(=N)N[N+](=O)[O-])NC(=O)C(C)(C)C. The van der Waals surface area contributed by atoms with Crippen molar-refractivity contribution in [1.82, 2.24) is 21.4 Å². The first-order valence-corrected chi connectivity index (χ1v) is 8.09. The van der Waals surface area contributed by atoms with Crippen LogP contribution in [0.2, 0.25) is 0 Å². The minimum absolute atomic E-state index is 0.239. The van der Waals surface area contributed by atoms with Gasteiger partial charge in [0.1, 0.15) is 6.04 Å². The van der Waals surface area contributed by atoms with E-state index in [1.165, 1.54) is 0 Å². The third-order valence-electron chi connectivity index (χ3n) is 2.98. The molecule has 0 fully saturated rings. The highest BCUT2D eigenvalue weighted by Crippen LogP contribution is 2.14. The monoisotopic (exact) mass is 358 g/mol. The van der Waals surface area contributed by atoms with Crippen molar-refractivity contribution >= 4 is 17.8 Å². The average molecular weight is 358 g/mol. The van der Waals surface area contributed by atoms with Gasteiger partial charge in [0.05, 0.1) is 0 Å². The van der Waals surface area contributed by atoms with E-state index in [1.54, 1.807) is 26.2 Å². The van der Waals surface area contributed by atoms with Crippen molar-refractivity contribution < 1.29 is 14.6 Å². The van der Waals surface area contributed by atoms with Crippen LogP contribution in [0.15, 0.2) is 0 Å². The predicted molar refractivity (Wildman–Crippen MR) is 94.4 cm³/mol. The maximum absolute atomic E-state index is 12.4. The molecule has 25 heavy (non-hydrogen) atoms.